The molecule has 3 heterocycles. The number of pyridine rings is 1. The molecule has 0 spiro atoms. The largest absolute Gasteiger partial charge is 0.342 e. The Kier molecular flexibility index (Phi) is 3.71. The number of carbonyl (C=O) groups excluding carboxylic acids is 1. The average Bonchev–Trinajstić information content (AvgIpc) is 3.03. The predicted octanol–water partition coefficient (Wildman–Crippen LogP) is 1.08. The maximum absolute atomic E-state index is 12.2. The minimum Gasteiger partial charge on any atom is -0.342 e. The molecule has 0 bridgehead atoms. The van der Waals surface area contributed by atoms with Crippen molar-refractivity contribution in [2.45, 2.75) is 25.3 Å². The predicted molar refractivity (Wildman–Crippen MR) is 72.8 cm³/mol. The van der Waals surface area contributed by atoms with Gasteiger partial charge in [-0.15, -0.1) is 10.2 Å². The van der Waals surface area contributed by atoms with Crippen LogP contribution in [-0.2, 0) is 11.2 Å². The fourth-order valence-corrected chi connectivity index (χ4v) is 2.60. The summed E-state index contributed by atoms with van der Waals surface area (Å²) in [5, 5.41) is 7.67. The second-order valence-corrected chi connectivity index (χ2v) is 5.05. The van der Waals surface area contributed by atoms with Gasteiger partial charge in [-0.1, -0.05) is 0 Å². The van der Waals surface area contributed by atoms with Gasteiger partial charge in [-0.2, -0.15) is 0 Å². The van der Waals surface area contributed by atoms with E-state index in [1.165, 1.54) is 0 Å². The molecular formula is C14H17N5O. The van der Waals surface area contributed by atoms with E-state index in [1.54, 1.807) is 25.0 Å². The minimum atomic E-state index is 0.193. The van der Waals surface area contributed by atoms with Gasteiger partial charge in [0, 0.05) is 31.5 Å². The lowest BCUT2D eigenvalue weighted by Gasteiger charge is -2.32. The molecule has 1 saturated heterocycles. The molecule has 6 heteroatoms. The summed E-state index contributed by atoms with van der Waals surface area (Å²) in [6.07, 6.45) is 9.32. The van der Waals surface area contributed by atoms with Crippen LogP contribution >= 0.6 is 0 Å². The van der Waals surface area contributed by atoms with Crippen LogP contribution in [0.3, 0.4) is 0 Å². The standard InChI is InChI=1S/C14H17N5O/c20-14(9-12-1-5-15-6-2-12)18-7-3-13(4-8-18)19-10-16-17-11-19/h1-2,5-6,10-11,13H,3-4,7-9H2. The molecule has 0 aromatic carbocycles. The summed E-state index contributed by atoms with van der Waals surface area (Å²) in [4.78, 5) is 18.1. The average molecular weight is 271 g/mol. The van der Waals surface area contributed by atoms with Gasteiger partial charge in [0.1, 0.15) is 12.7 Å². The van der Waals surface area contributed by atoms with Crippen LogP contribution in [0.2, 0.25) is 0 Å². The third kappa shape index (κ3) is 2.84. The molecule has 6 nitrogen and oxygen atoms in total. The van der Waals surface area contributed by atoms with Crippen molar-refractivity contribution < 1.29 is 4.79 Å². The summed E-state index contributed by atoms with van der Waals surface area (Å²) in [5.74, 6) is 0.193. The molecule has 3 rings (SSSR count). The molecule has 1 aliphatic heterocycles. The van der Waals surface area contributed by atoms with Crippen molar-refractivity contribution in [3.63, 3.8) is 0 Å². The Bertz CT molecular complexity index is 546. The van der Waals surface area contributed by atoms with Gasteiger partial charge in [-0.25, -0.2) is 0 Å². The number of rotatable bonds is 3. The molecule has 2 aromatic heterocycles. The van der Waals surface area contributed by atoms with Crippen molar-refractivity contribution in [3.8, 4) is 0 Å². The number of hydrogen-bond donors (Lipinski definition) is 0. The lowest BCUT2D eigenvalue weighted by atomic mass is 10.0. The Hall–Kier alpha value is -2.24. The summed E-state index contributed by atoms with van der Waals surface area (Å²) in [6.45, 7) is 1.60. The van der Waals surface area contributed by atoms with Crippen molar-refractivity contribution in [3.05, 3.63) is 42.7 Å². The van der Waals surface area contributed by atoms with Crippen LogP contribution < -0.4 is 0 Å². The second-order valence-electron chi connectivity index (χ2n) is 5.05. The highest BCUT2D eigenvalue weighted by Gasteiger charge is 2.23. The third-order valence-corrected chi connectivity index (χ3v) is 3.78. The number of nitrogens with zero attached hydrogens (tertiary/aromatic N) is 5. The molecule has 0 aliphatic carbocycles. The topological polar surface area (TPSA) is 63.9 Å². The van der Waals surface area contributed by atoms with Gasteiger partial charge in [-0.05, 0) is 30.5 Å². The van der Waals surface area contributed by atoms with Gasteiger partial charge in [0.2, 0.25) is 5.91 Å². The van der Waals surface area contributed by atoms with Crippen LogP contribution in [0.1, 0.15) is 24.4 Å². The first-order valence-corrected chi connectivity index (χ1v) is 6.84. The van der Waals surface area contributed by atoms with Crippen molar-refractivity contribution >= 4 is 5.91 Å². The monoisotopic (exact) mass is 271 g/mol. The van der Waals surface area contributed by atoms with Crippen molar-refractivity contribution in [1.82, 2.24) is 24.6 Å². The Morgan fingerprint density at radius 1 is 1.15 bits per heavy atom. The molecule has 0 atom stereocenters. The van der Waals surface area contributed by atoms with E-state index in [0.717, 1.165) is 31.5 Å². The molecule has 0 unspecified atom stereocenters. The SMILES string of the molecule is O=C(Cc1ccncc1)N1CCC(n2cnnc2)CC1. The van der Waals surface area contributed by atoms with E-state index >= 15 is 0 Å². The smallest absolute Gasteiger partial charge is 0.226 e. The van der Waals surface area contributed by atoms with Gasteiger partial charge in [0.15, 0.2) is 0 Å². The summed E-state index contributed by atoms with van der Waals surface area (Å²) >= 11 is 0. The third-order valence-electron chi connectivity index (χ3n) is 3.78. The van der Waals surface area contributed by atoms with Crippen LogP contribution in [0.25, 0.3) is 0 Å². The number of hydrogen-bond acceptors (Lipinski definition) is 4. The van der Waals surface area contributed by atoms with E-state index in [1.807, 2.05) is 21.6 Å². The quantitative estimate of drug-likeness (QED) is 0.838. The molecule has 20 heavy (non-hydrogen) atoms. The lowest BCUT2D eigenvalue weighted by Crippen LogP contribution is -2.39. The van der Waals surface area contributed by atoms with E-state index in [9.17, 15) is 4.79 Å². The van der Waals surface area contributed by atoms with Crippen LogP contribution in [0.4, 0.5) is 0 Å². The molecule has 0 radical (unpaired) electrons. The zero-order valence-electron chi connectivity index (χ0n) is 11.2. The maximum Gasteiger partial charge on any atom is 0.226 e. The van der Waals surface area contributed by atoms with Crippen LogP contribution in [0.5, 0.6) is 0 Å². The Morgan fingerprint density at radius 3 is 2.45 bits per heavy atom. The van der Waals surface area contributed by atoms with Crippen LogP contribution in [0, 0.1) is 0 Å². The second kappa shape index (κ2) is 5.81. The molecule has 0 N–H and O–H groups in total. The first kappa shape index (κ1) is 12.8. The Labute approximate surface area is 117 Å². The number of amides is 1. The summed E-state index contributed by atoms with van der Waals surface area (Å²) in [5.41, 5.74) is 1.02. The van der Waals surface area contributed by atoms with Gasteiger partial charge in [0.05, 0.1) is 6.42 Å². The highest BCUT2D eigenvalue weighted by molar-refractivity contribution is 5.78. The van der Waals surface area contributed by atoms with E-state index < -0.39 is 0 Å². The number of aromatic nitrogens is 4. The van der Waals surface area contributed by atoms with Gasteiger partial charge >= 0.3 is 0 Å². The number of likely N-dealkylation sites (tertiary alicyclic amines) is 1. The van der Waals surface area contributed by atoms with E-state index in [-0.39, 0.29) is 5.91 Å². The fraction of sp³-hybridized carbons (Fsp3) is 0.429. The van der Waals surface area contributed by atoms with Gasteiger partial charge in [0.25, 0.3) is 0 Å². The zero-order valence-corrected chi connectivity index (χ0v) is 11.2. The molecule has 1 amide bonds. The molecule has 1 aliphatic rings. The van der Waals surface area contributed by atoms with E-state index in [2.05, 4.69) is 15.2 Å². The van der Waals surface area contributed by atoms with Crippen LogP contribution in [0.15, 0.2) is 37.2 Å². The lowest BCUT2D eigenvalue weighted by molar-refractivity contribution is -0.131. The van der Waals surface area contributed by atoms with Crippen LogP contribution in [-0.4, -0.2) is 43.6 Å². The first-order chi connectivity index (χ1) is 9.83. The van der Waals surface area contributed by atoms with Gasteiger partial charge < -0.3 is 9.47 Å². The highest BCUT2D eigenvalue weighted by atomic mass is 16.2. The summed E-state index contributed by atoms with van der Waals surface area (Å²) < 4.78 is 2.03. The van der Waals surface area contributed by atoms with E-state index in [4.69, 9.17) is 0 Å². The molecule has 0 saturated carbocycles. The number of carbonyl (C=O) groups is 1. The molecular weight excluding hydrogens is 254 g/mol. The van der Waals surface area contributed by atoms with Crippen molar-refractivity contribution in [2.24, 2.45) is 0 Å². The fourth-order valence-electron chi connectivity index (χ4n) is 2.60. The Morgan fingerprint density at radius 2 is 1.80 bits per heavy atom. The minimum absolute atomic E-state index is 0.193. The summed E-state index contributed by atoms with van der Waals surface area (Å²) in [7, 11) is 0. The molecule has 1 fully saturated rings. The van der Waals surface area contributed by atoms with Crippen molar-refractivity contribution in [1.29, 1.82) is 0 Å². The zero-order chi connectivity index (χ0) is 13.8. The highest BCUT2D eigenvalue weighted by Crippen LogP contribution is 2.22. The molecule has 104 valence electrons. The Balaban J connectivity index is 1.54. The van der Waals surface area contributed by atoms with Gasteiger partial charge in [-0.3, -0.25) is 9.78 Å². The maximum atomic E-state index is 12.2. The number of piperidine rings is 1. The normalized spacial score (nSPS) is 16.3. The summed E-state index contributed by atoms with van der Waals surface area (Å²) in [6, 6.07) is 4.19. The molecule has 2 aromatic rings. The van der Waals surface area contributed by atoms with E-state index in [0.29, 0.717) is 12.5 Å². The first-order valence-electron chi connectivity index (χ1n) is 6.84. The van der Waals surface area contributed by atoms with Crippen molar-refractivity contribution in [2.75, 3.05) is 13.1 Å².